The molecule has 6 heteroatoms. The van der Waals surface area contributed by atoms with Crippen molar-refractivity contribution in [1.29, 1.82) is 5.26 Å². The molecule has 5 nitrogen and oxygen atoms in total. The van der Waals surface area contributed by atoms with Crippen molar-refractivity contribution < 1.29 is 9.53 Å². The van der Waals surface area contributed by atoms with Crippen molar-refractivity contribution >= 4 is 23.2 Å². The lowest BCUT2D eigenvalue weighted by molar-refractivity contribution is -0.125. The van der Waals surface area contributed by atoms with Gasteiger partial charge in [-0.1, -0.05) is 11.6 Å². The van der Waals surface area contributed by atoms with E-state index in [1.165, 1.54) is 0 Å². The number of ether oxygens (including phenoxy) is 1. The number of amides is 1. The summed E-state index contributed by atoms with van der Waals surface area (Å²) < 4.78 is 5.42. The SMILES string of the molecule is CC(C)NC(=O)C1COCCN1c1ccc(Cl)cc1C#N. The van der Waals surface area contributed by atoms with E-state index in [1.807, 2.05) is 18.7 Å². The summed E-state index contributed by atoms with van der Waals surface area (Å²) >= 11 is 5.93. The molecular formula is C15H18ClN3O2. The number of morpholine rings is 1. The lowest BCUT2D eigenvalue weighted by atomic mass is 10.1. The predicted molar refractivity (Wildman–Crippen MR) is 81.4 cm³/mol. The van der Waals surface area contributed by atoms with Crippen LogP contribution < -0.4 is 10.2 Å². The molecule has 0 saturated carbocycles. The van der Waals surface area contributed by atoms with Crippen molar-refractivity contribution in [2.24, 2.45) is 0 Å². The summed E-state index contributed by atoms with van der Waals surface area (Å²) in [5.74, 6) is -0.0939. The molecule has 0 radical (unpaired) electrons. The summed E-state index contributed by atoms with van der Waals surface area (Å²) in [6.45, 7) is 5.22. The maximum absolute atomic E-state index is 12.3. The summed E-state index contributed by atoms with van der Waals surface area (Å²) in [5.41, 5.74) is 1.18. The molecule has 1 atom stereocenters. The van der Waals surface area contributed by atoms with E-state index in [4.69, 9.17) is 16.3 Å². The minimum absolute atomic E-state index is 0.0573. The number of carbonyl (C=O) groups is 1. The summed E-state index contributed by atoms with van der Waals surface area (Å²) in [5, 5.41) is 12.7. The number of hydrogen-bond acceptors (Lipinski definition) is 4. The monoisotopic (exact) mass is 307 g/mol. The number of nitriles is 1. The number of benzene rings is 1. The third-order valence-corrected chi connectivity index (χ3v) is 3.49. The highest BCUT2D eigenvalue weighted by Crippen LogP contribution is 2.27. The van der Waals surface area contributed by atoms with E-state index >= 15 is 0 Å². The first kappa shape index (κ1) is 15.6. The normalized spacial score (nSPS) is 18.4. The minimum Gasteiger partial charge on any atom is -0.377 e. The van der Waals surface area contributed by atoms with E-state index in [2.05, 4.69) is 11.4 Å². The number of anilines is 1. The fourth-order valence-electron chi connectivity index (χ4n) is 2.34. The van der Waals surface area contributed by atoms with Gasteiger partial charge in [0.05, 0.1) is 24.5 Å². The van der Waals surface area contributed by atoms with Crippen LogP contribution in [0.1, 0.15) is 19.4 Å². The van der Waals surface area contributed by atoms with Crippen molar-refractivity contribution in [3.8, 4) is 6.07 Å². The molecule has 1 aromatic carbocycles. The zero-order chi connectivity index (χ0) is 15.4. The molecule has 0 aliphatic carbocycles. The molecule has 1 heterocycles. The molecule has 1 fully saturated rings. The van der Waals surface area contributed by atoms with Crippen molar-refractivity contribution in [2.75, 3.05) is 24.7 Å². The van der Waals surface area contributed by atoms with Gasteiger partial charge in [-0.3, -0.25) is 4.79 Å². The van der Waals surface area contributed by atoms with Gasteiger partial charge in [0.15, 0.2) is 0 Å². The molecule has 1 N–H and O–H groups in total. The van der Waals surface area contributed by atoms with E-state index in [9.17, 15) is 10.1 Å². The second-order valence-corrected chi connectivity index (χ2v) is 5.66. The van der Waals surface area contributed by atoms with E-state index < -0.39 is 6.04 Å². The van der Waals surface area contributed by atoms with E-state index in [0.717, 1.165) is 0 Å². The molecule has 1 amide bonds. The van der Waals surface area contributed by atoms with Gasteiger partial charge in [0, 0.05) is 17.6 Å². The van der Waals surface area contributed by atoms with Crippen LogP contribution in [0.15, 0.2) is 18.2 Å². The maximum atomic E-state index is 12.3. The van der Waals surface area contributed by atoms with E-state index in [1.54, 1.807) is 18.2 Å². The quantitative estimate of drug-likeness (QED) is 0.927. The van der Waals surface area contributed by atoms with Crippen molar-refractivity contribution in [1.82, 2.24) is 5.32 Å². The van der Waals surface area contributed by atoms with Crippen LogP contribution in [0.2, 0.25) is 5.02 Å². The Bertz CT molecular complexity index is 569. The van der Waals surface area contributed by atoms with Crippen molar-refractivity contribution in [3.05, 3.63) is 28.8 Å². The number of halogens is 1. The first-order chi connectivity index (χ1) is 10.0. The highest BCUT2D eigenvalue weighted by molar-refractivity contribution is 6.30. The van der Waals surface area contributed by atoms with Gasteiger partial charge in [0.1, 0.15) is 12.1 Å². The summed E-state index contributed by atoms with van der Waals surface area (Å²) in [6, 6.07) is 6.88. The maximum Gasteiger partial charge on any atom is 0.245 e. The van der Waals surface area contributed by atoms with Crippen molar-refractivity contribution in [3.63, 3.8) is 0 Å². The highest BCUT2D eigenvalue weighted by atomic mass is 35.5. The number of hydrogen-bond donors (Lipinski definition) is 1. The smallest absolute Gasteiger partial charge is 0.245 e. The average Bonchev–Trinajstić information content (AvgIpc) is 2.46. The third kappa shape index (κ3) is 3.66. The second-order valence-electron chi connectivity index (χ2n) is 5.22. The Kier molecular flexibility index (Phi) is 5.05. The number of rotatable bonds is 3. The van der Waals surface area contributed by atoms with Gasteiger partial charge in [-0.15, -0.1) is 0 Å². The molecule has 1 aliphatic rings. The third-order valence-electron chi connectivity index (χ3n) is 3.25. The lowest BCUT2D eigenvalue weighted by Gasteiger charge is -2.37. The molecular weight excluding hydrogens is 290 g/mol. The molecule has 1 aliphatic heterocycles. The molecule has 0 spiro atoms. The van der Waals surface area contributed by atoms with Gasteiger partial charge in [0.25, 0.3) is 0 Å². The van der Waals surface area contributed by atoms with Gasteiger partial charge in [-0.05, 0) is 32.0 Å². The molecule has 1 aromatic rings. The minimum atomic E-state index is -0.436. The van der Waals surface area contributed by atoms with Crippen LogP contribution >= 0.6 is 11.6 Å². The van der Waals surface area contributed by atoms with Crippen molar-refractivity contribution in [2.45, 2.75) is 25.9 Å². The number of nitrogens with zero attached hydrogens (tertiary/aromatic N) is 2. The first-order valence-corrected chi connectivity index (χ1v) is 7.25. The van der Waals surface area contributed by atoms with Crippen LogP contribution in [0.3, 0.4) is 0 Å². The fraction of sp³-hybridized carbons (Fsp3) is 0.467. The standard InChI is InChI=1S/C15H18ClN3O2/c1-10(2)18-15(20)14-9-21-6-5-19(14)13-4-3-12(16)7-11(13)8-17/h3-4,7,10,14H,5-6,9H2,1-2H3,(H,18,20). The van der Waals surface area contributed by atoms with Crippen LogP contribution in [0, 0.1) is 11.3 Å². The summed E-state index contributed by atoms with van der Waals surface area (Å²) in [4.78, 5) is 14.2. The summed E-state index contributed by atoms with van der Waals surface area (Å²) in [7, 11) is 0. The van der Waals surface area contributed by atoms with Crippen LogP contribution in [-0.4, -0.2) is 37.7 Å². The zero-order valence-corrected chi connectivity index (χ0v) is 12.9. The Balaban J connectivity index is 2.31. The Morgan fingerprint density at radius 1 is 1.57 bits per heavy atom. The van der Waals surface area contributed by atoms with Gasteiger partial charge >= 0.3 is 0 Å². The van der Waals surface area contributed by atoms with Gasteiger partial charge in [-0.25, -0.2) is 0 Å². The lowest BCUT2D eigenvalue weighted by Crippen LogP contribution is -2.55. The van der Waals surface area contributed by atoms with Crippen LogP contribution in [-0.2, 0) is 9.53 Å². The Hall–Kier alpha value is -1.77. The molecule has 2 rings (SSSR count). The second kappa shape index (κ2) is 6.79. The predicted octanol–water partition coefficient (Wildman–Crippen LogP) is 1.94. The van der Waals surface area contributed by atoms with Gasteiger partial charge in [0.2, 0.25) is 5.91 Å². The Labute approximate surface area is 129 Å². The molecule has 1 saturated heterocycles. The number of nitrogens with one attached hydrogen (secondary N) is 1. The summed E-state index contributed by atoms with van der Waals surface area (Å²) in [6.07, 6.45) is 0. The Morgan fingerprint density at radius 3 is 3.00 bits per heavy atom. The van der Waals surface area contributed by atoms with Crippen LogP contribution in [0.5, 0.6) is 0 Å². The molecule has 0 aromatic heterocycles. The van der Waals surface area contributed by atoms with Crippen LogP contribution in [0.4, 0.5) is 5.69 Å². The fourth-order valence-corrected chi connectivity index (χ4v) is 2.51. The van der Waals surface area contributed by atoms with Gasteiger partial charge < -0.3 is 15.0 Å². The first-order valence-electron chi connectivity index (χ1n) is 6.87. The average molecular weight is 308 g/mol. The molecule has 112 valence electrons. The largest absolute Gasteiger partial charge is 0.377 e. The van der Waals surface area contributed by atoms with E-state index in [-0.39, 0.29) is 11.9 Å². The topological polar surface area (TPSA) is 65.4 Å². The van der Waals surface area contributed by atoms with Crippen LogP contribution in [0.25, 0.3) is 0 Å². The van der Waals surface area contributed by atoms with Gasteiger partial charge in [-0.2, -0.15) is 5.26 Å². The Morgan fingerprint density at radius 2 is 2.33 bits per heavy atom. The molecule has 0 bridgehead atoms. The number of carbonyl (C=O) groups excluding carboxylic acids is 1. The molecule has 1 unspecified atom stereocenters. The highest BCUT2D eigenvalue weighted by Gasteiger charge is 2.31. The zero-order valence-electron chi connectivity index (χ0n) is 12.1. The molecule has 21 heavy (non-hydrogen) atoms. The van der Waals surface area contributed by atoms with E-state index in [0.29, 0.717) is 36.0 Å².